The topological polar surface area (TPSA) is 102 Å². The van der Waals surface area contributed by atoms with Crippen LogP contribution in [0.4, 0.5) is 11.4 Å². The van der Waals surface area contributed by atoms with E-state index in [1.165, 1.54) is 0 Å². The van der Waals surface area contributed by atoms with Crippen LogP contribution in [0.3, 0.4) is 0 Å². The highest BCUT2D eigenvalue weighted by molar-refractivity contribution is 6.51. The SMILES string of the molecule is CCOC(=O)c1ccc(N=C2N=C(c3ccccc3)N=C2Nc2ccc(C(=O)OCC)cc2)cc1. The molecule has 4 rings (SSSR count). The molecule has 0 aliphatic carbocycles. The molecule has 0 atom stereocenters. The molecular weight excluding hydrogens is 444 g/mol. The molecule has 3 aromatic rings. The van der Waals surface area contributed by atoms with Crippen LogP contribution in [0.2, 0.25) is 0 Å². The molecule has 1 aliphatic rings. The Balaban J connectivity index is 1.61. The number of nitrogens with one attached hydrogen (secondary N) is 1. The Morgan fingerprint density at radius 3 is 1.91 bits per heavy atom. The van der Waals surface area contributed by atoms with E-state index >= 15 is 0 Å². The summed E-state index contributed by atoms with van der Waals surface area (Å²) in [5.41, 5.74) is 3.09. The van der Waals surface area contributed by atoms with Gasteiger partial charge in [0.1, 0.15) is 0 Å². The van der Waals surface area contributed by atoms with E-state index in [1.807, 2.05) is 30.3 Å². The summed E-state index contributed by atoms with van der Waals surface area (Å²) < 4.78 is 10.1. The number of amidine groups is 3. The van der Waals surface area contributed by atoms with Gasteiger partial charge in [0.2, 0.25) is 0 Å². The second kappa shape index (κ2) is 11.0. The number of hydrogen-bond acceptors (Lipinski definition) is 7. The number of hydrogen-bond donors (Lipinski definition) is 1. The first-order chi connectivity index (χ1) is 17.1. The Morgan fingerprint density at radius 1 is 0.771 bits per heavy atom. The largest absolute Gasteiger partial charge is 0.462 e. The van der Waals surface area contributed by atoms with E-state index in [0.29, 0.717) is 53.2 Å². The molecule has 0 spiro atoms. The van der Waals surface area contributed by atoms with E-state index in [9.17, 15) is 9.59 Å². The lowest BCUT2D eigenvalue weighted by atomic mass is 10.2. The Bertz CT molecular complexity index is 1300. The van der Waals surface area contributed by atoms with Crippen LogP contribution in [0.25, 0.3) is 0 Å². The molecule has 1 N–H and O–H groups in total. The first kappa shape index (κ1) is 23.6. The number of carbonyl (C=O) groups excluding carboxylic acids is 2. The van der Waals surface area contributed by atoms with Gasteiger partial charge < -0.3 is 14.8 Å². The standard InChI is InChI=1S/C27H24N4O4/c1-3-34-26(32)19-10-14-21(15-11-19)28-24-25(31-23(30-24)18-8-6-5-7-9-18)29-22-16-12-20(13-17-22)27(33)35-4-2/h5-17H,3-4H2,1-2H3,(H,28,29,30,31). The zero-order valence-electron chi connectivity index (χ0n) is 19.4. The lowest BCUT2D eigenvalue weighted by Crippen LogP contribution is -2.19. The molecule has 0 fully saturated rings. The second-order valence-electron chi connectivity index (χ2n) is 7.39. The summed E-state index contributed by atoms with van der Waals surface area (Å²) >= 11 is 0. The van der Waals surface area contributed by atoms with Gasteiger partial charge in [0.15, 0.2) is 17.5 Å². The maximum Gasteiger partial charge on any atom is 0.338 e. The predicted molar refractivity (Wildman–Crippen MR) is 136 cm³/mol. The molecule has 0 unspecified atom stereocenters. The molecule has 1 heterocycles. The van der Waals surface area contributed by atoms with Crippen molar-refractivity contribution in [1.82, 2.24) is 0 Å². The zero-order chi connectivity index (χ0) is 24.6. The molecule has 0 bridgehead atoms. The summed E-state index contributed by atoms with van der Waals surface area (Å²) in [6.45, 7) is 4.16. The van der Waals surface area contributed by atoms with Crippen molar-refractivity contribution in [2.75, 3.05) is 18.5 Å². The summed E-state index contributed by atoms with van der Waals surface area (Å²) in [7, 11) is 0. The fourth-order valence-electron chi connectivity index (χ4n) is 3.26. The van der Waals surface area contributed by atoms with Gasteiger partial charge in [0.25, 0.3) is 0 Å². The molecule has 0 saturated heterocycles. The Hall–Kier alpha value is -4.59. The van der Waals surface area contributed by atoms with Gasteiger partial charge in [-0.05, 0) is 62.4 Å². The monoisotopic (exact) mass is 468 g/mol. The van der Waals surface area contributed by atoms with Gasteiger partial charge in [0.05, 0.1) is 30.0 Å². The van der Waals surface area contributed by atoms with Gasteiger partial charge in [-0.3, -0.25) is 0 Å². The van der Waals surface area contributed by atoms with Gasteiger partial charge in [-0.2, -0.15) is 0 Å². The van der Waals surface area contributed by atoms with E-state index in [0.717, 1.165) is 5.56 Å². The smallest absolute Gasteiger partial charge is 0.338 e. The van der Waals surface area contributed by atoms with Crippen molar-refractivity contribution in [3.05, 3.63) is 95.6 Å². The van der Waals surface area contributed by atoms with Crippen LogP contribution in [-0.4, -0.2) is 42.7 Å². The molecule has 8 nitrogen and oxygen atoms in total. The van der Waals surface area contributed by atoms with Crippen molar-refractivity contribution in [2.45, 2.75) is 13.8 Å². The van der Waals surface area contributed by atoms with E-state index in [1.54, 1.807) is 62.4 Å². The molecule has 0 saturated carbocycles. The fourth-order valence-corrected chi connectivity index (χ4v) is 3.26. The summed E-state index contributed by atoms with van der Waals surface area (Å²) in [4.78, 5) is 37.8. The van der Waals surface area contributed by atoms with Crippen LogP contribution in [0.1, 0.15) is 40.1 Å². The normalized spacial score (nSPS) is 13.7. The Kier molecular flexibility index (Phi) is 7.42. The molecule has 0 radical (unpaired) electrons. The Labute approximate surface area is 203 Å². The van der Waals surface area contributed by atoms with Crippen LogP contribution in [0, 0.1) is 0 Å². The number of anilines is 1. The lowest BCUT2D eigenvalue weighted by molar-refractivity contribution is 0.0517. The number of nitrogens with zero attached hydrogens (tertiary/aromatic N) is 3. The highest BCUT2D eigenvalue weighted by atomic mass is 16.5. The highest BCUT2D eigenvalue weighted by Crippen LogP contribution is 2.19. The zero-order valence-corrected chi connectivity index (χ0v) is 19.4. The number of esters is 2. The summed E-state index contributed by atoms with van der Waals surface area (Å²) in [5.74, 6) is 0.621. The molecule has 1 aliphatic heterocycles. The second-order valence-corrected chi connectivity index (χ2v) is 7.39. The van der Waals surface area contributed by atoms with Crippen molar-refractivity contribution >= 4 is 40.8 Å². The maximum atomic E-state index is 11.9. The van der Waals surface area contributed by atoms with Gasteiger partial charge in [0, 0.05) is 11.3 Å². The third-order valence-electron chi connectivity index (χ3n) is 4.95. The van der Waals surface area contributed by atoms with Crippen LogP contribution in [0.5, 0.6) is 0 Å². The molecule has 176 valence electrons. The molecule has 3 aromatic carbocycles. The van der Waals surface area contributed by atoms with Crippen molar-refractivity contribution in [3.8, 4) is 0 Å². The van der Waals surface area contributed by atoms with E-state index in [4.69, 9.17) is 9.47 Å². The number of rotatable bonds is 7. The predicted octanol–water partition coefficient (Wildman–Crippen LogP) is 5.04. The molecule has 8 heteroatoms. The Morgan fingerprint density at radius 2 is 1.34 bits per heavy atom. The van der Waals surface area contributed by atoms with Gasteiger partial charge in [-0.25, -0.2) is 24.6 Å². The van der Waals surface area contributed by atoms with E-state index in [2.05, 4.69) is 20.3 Å². The number of aliphatic imine (C=N–C) groups is 3. The molecular formula is C27H24N4O4. The van der Waals surface area contributed by atoms with Crippen molar-refractivity contribution in [2.24, 2.45) is 15.0 Å². The van der Waals surface area contributed by atoms with Crippen LogP contribution in [-0.2, 0) is 9.47 Å². The summed E-state index contributed by atoms with van der Waals surface area (Å²) in [5, 5.41) is 3.23. The number of ether oxygens (including phenoxy) is 2. The van der Waals surface area contributed by atoms with Gasteiger partial charge >= 0.3 is 11.9 Å². The lowest BCUT2D eigenvalue weighted by Gasteiger charge is -2.07. The first-order valence-electron chi connectivity index (χ1n) is 11.2. The van der Waals surface area contributed by atoms with Gasteiger partial charge in [-0.1, -0.05) is 30.3 Å². The number of benzene rings is 3. The van der Waals surface area contributed by atoms with Crippen LogP contribution in [0.15, 0.2) is 93.8 Å². The highest BCUT2D eigenvalue weighted by Gasteiger charge is 2.20. The van der Waals surface area contributed by atoms with Crippen molar-refractivity contribution in [3.63, 3.8) is 0 Å². The molecule has 35 heavy (non-hydrogen) atoms. The first-order valence-corrected chi connectivity index (χ1v) is 11.2. The van der Waals surface area contributed by atoms with Crippen molar-refractivity contribution in [1.29, 1.82) is 0 Å². The average molecular weight is 469 g/mol. The average Bonchev–Trinajstić information content (AvgIpc) is 3.27. The minimum Gasteiger partial charge on any atom is -0.462 e. The van der Waals surface area contributed by atoms with Gasteiger partial charge in [-0.15, -0.1) is 0 Å². The van der Waals surface area contributed by atoms with Crippen LogP contribution < -0.4 is 5.32 Å². The van der Waals surface area contributed by atoms with Crippen molar-refractivity contribution < 1.29 is 19.1 Å². The minimum atomic E-state index is -0.382. The van der Waals surface area contributed by atoms with E-state index in [-0.39, 0.29) is 11.9 Å². The summed E-state index contributed by atoms with van der Waals surface area (Å²) in [6.07, 6.45) is 0. The fraction of sp³-hybridized carbons (Fsp3) is 0.148. The maximum absolute atomic E-state index is 11.9. The quantitative estimate of drug-likeness (QED) is 0.490. The number of carbonyl (C=O) groups is 2. The summed E-state index contributed by atoms with van der Waals surface area (Å²) in [6, 6.07) is 23.3. The molecule has 0 amide bonds. The minimum absolute atomic E-state index is 0.312. The molecule has 0 aromatic heterocycles. The third kappa shape index (κ3) is 5.86. The third-order valence-corrected chi connectivity index (χ3v) is 4.95. The van der Waals surface area contributed by atoms with E-state index < -0.39 is 0 Å². The van der Waals surface area contributed by atoms with Crippen LogP contribution >= 0.6 is 0 Å².